The van der Waals surface area contributed by atoms with Crippen molar-refractivity contribution >= 4 is 40.6 Å². The Hall–Kier alpha value is -2.06. The van der Waals surface area contributed by atoms with Crippen LogP contribution in [0.15, 0.2) is 40.9 Å². The van der Waals surface area contributed by atoms with Gasteiger partial charge in [-0.2, -0.15) is 0 Å². The Morgan fingerprint density at radius 3 is 2.74 bits per heavy atom. The maximum atomic E-state index is 12.5. The molecule has 188 valence electrons. The van der Waals surface area contributed by atoms with Crippen LogP contribution in [-0.4, -0.2) is 82.1 Å². The number of aliphatic hydroxyl groups is 1. The van der Waals surface area contributed by atoms with Crippen molar-refractivity contribution in [2.75, 3.05) is 21.3 Å². The fraction of sp³-hybridized carbons (Fsp3) is 0.455. The second-order valence-electron chi connectivity index (χ2n) is 7.86. The minimum atomic E-state index is -0.858. The summed E-state index contributed by atoms with van der Waals surface area (Å²) in [6.45, 7) is 1.64. The second kappa shape index (κ2) is 11.3. The molecule has 4 rings (SSSR count). The third-order valence-electron chi connectivity index (χ3n) is 5.70. The van der Waals surface area contributed by atoms with Gasteiger partial charge in [0.1, 0.15) is 40.5 Å². The molecule has 0 saturated carbocycles. The number of benzene rings is 1. The summed E-state index contributed by atoms with van der Waals surface area (Å²) in [4.78, 5) is 17.4. The van der Waals surface area contributed by atoms with E-state index in [1.807, 2.05) is 5.38 Å². The zero-order valence-corrected chi connectivity index (χ0v) is 21.9. The number of ether oxygens (including phenoxy) is 3. The minimum Gasteiger partial charge on any atom is -0.391 e. The number of methoxy groups -OCH3 is 2. The Bertz CT molecular complexity index is 1150. The van der Waals surface area contributed by atoms with Gasteiger partial charge in [0.05, 0.1) is 17.9 Å². The number of aliphatic hydroxyl groups excluding tert-OH is 1. The number of rotatable bonds is 8. The lowest BCUT2D eigenvalue weighted by Crippen LogP contribution is -2.58. The van der Waals surface area contributed by atoms with Crippen LogP contribution in [0.25, 0.3) is 10.7 Å². The normalized spacial score (nSPS) is 25.4. The first-order valence-corrected chi connectivity index (χ1v) is 12.9. The summed E-state index contributed by atoms with van der Waals surface area (Å²) in [5.74, 6) is -0.253. The fourth-order valence-electron chi connectivity index (χ4n) is 4.07. The topological polar surface area (TPSA) is 121 Å². The van der Waals surface area contributed by atoms with Gasteiger partial charge in [0.2, 0.25) is 0 Å². The first kappa shape index (κ1) is 26.0. The van der Waals surface area contributed by atoms with Crippen LogP contribution >= 0.6 is 34.7 Å². The standard InChI is InChI=1S/C22H26ClN5O5S2/c1-11(29)17-18(31-3)16(28-10-14(26-27-28)21-25-7-8-34-21)19(32-4)22(33-17)35-15-9-12(23)5-6-13(15)20(30)24-2/h5-11,16-19,22,29H,1-4H3,(H,24,30)/t11?,16?,17?,18-,19?,22-/m1/s1. The van der Waals surface area contributed by atoms with Gasteiger partial charge in [0.25, 0.3) is 5.91 Å². The van der Waals surface area contributed by atoms with Crippen LogP contribution in [0, 0.1) is 0 Å². The number of nitrogens with one attached hydrogen (secondary N) is 1. The molecule has 2 N–H and O–H groups in total. The number of thioether (sulfide) groups is 1. The van der Waals surface area contributed by atoms with Gasteiger partial charge in [0.15, 0.2) is 0 Å². The first-order chi connectivity index (χ1) is 16.9. The highest BCUT2D eigenvalue weighted by molar-refractivity contribution is 8.00. The molecule has 35 heavy (non-hydrogen) atoms. The van der Waals surface area contributed by atoms with E-state index in [9.17, 15) is 9.90 Å². The average Bonchev–Trinajstić information content (AvgIpc) is 3.55. The molecule has 1 aromatic carbocycles. The second-order valence-corrected chi connectivity index (χ2v) is 10.3. The number of amides is 1. The largest absolute Gasteiger partial charge is 0.391 e. The summed E-state index contributed by atoms with van der Waals surface area (Å²) in [5, 5.41) is 24.9. The molecule has 0 spiro atoms. The molecule has 4 unspecified atom stereocenters. The van der Waals surface area contributed by atoms with Crippen molar-refractivity contribution in [2.24, 2.45) is 0 Å². The summed E-state index contributed by atoms with van der Waals surface area (Å²) < 4.78 is 19.7. The number of carbonyl (C=O) groups excluding carboxylic acids is 1. The summed E-state index contributed by atoms with van der Waals surface area (Å²) in [6.07, 6.45) is 0.743. The van der Waals surface area contributed by atoms with E-state index >= 15 is 0 Å². The number of halogens is 1. The van der Waals surface area contributed by atoms with Crippen molar-refractivity contribution in [1.29, 1.82) is 0 Å². The van der Waals surface area contributed by atoms with E-state index in [2.05, 4.69) is 20.6 Å². The molecule has 0 aliphatic carbocycles. The highest BCUT2D eigenvalue weighted by Gasteiger charge is 2.50. The molecule has 1 fully saturated rings. The SMILES string of the molecule is CNC(=O)c1ccc(Cl)cc1S[C@H]1OC(C(C)O)[C@H](OC)C(n2cc(-c3nccs3)nn2)C1OC. The van der Waals surface area contributed by atoms with Crippen molar-refractivity contribution in [2.45, 2.75) is 47.7 Å². The smallest absolute Gasteiger partial charge is 0.252 e. The summed E-state index contributed by atoms with van der Waals surface area (Å²) >= 11 is 8.99. The van der Waals surface area contributed by atoms with Crippen LogP contribution in [0.3, 0.4) is 0 Å². The molecule has 10 nitrogen and oxygen atoms in total. The van der Waals surface area contributed by atoms with E-state index in [1.54, 1.807) is 63.5 Å². The molecule has 1 amide bonds. The average molecular weight is 540 g/mol. The number of nitrogens with zero attached hydrogens (tertiary/aromatic N) is 4. The number of hydrogen-bond acceptors (Lipinski definition) is 10. The van der Waals surface area contributed by atoms with Gasteiger partial charge in [-0.15, -0.1) is 16.4 Å². The lowest BCUT2D eigenvalue weighted by atomic mass is 9.94. The van der Waals surface area contributed by atoms with E-state index in [0.29, 0.717) is 21.2 Å². The van der Waals surface area contributed by atoms with Gasteiger partial charge in [-0.05, 0) is 25.1 Å². The molecule has 3 aromatic rings. The summed E-state index contributed by atoms with van der Waals surface area (Å²) in [6, 6.07) is 4.52. The van der Waals surface area contributed by atoms with Crippen molar-refractivity contribution in [3.63, 3.8) is 0 Å². The highest BCUT2D eigenvalue weighted by atomic mass is 35.5. The third kappa shape index (κ3) is 5.38. The van der Waals surface area contributed by atoms with Gasteiger partial charge in [-0.25, -0.2) is 9.67 Å². The Kier molecular flexibility index (Phi) is 8.42. The number of aromatic nitrogens is 4. The zero-order chi connectivity index (χ0) is 25.1. The monoisotopic (exact) mass is 539 g/mol. The molecule has 13 heteroatoms. The lowest BCUT2D eigenvalue weighted by Gasteiger charge is -2.46. The Morgan fingerprint density at radius 1 is 1.34 bits per heavy atom. The van der Waals surface area contributed by atoms with Crippen LogP contribution in [0.2, 0.25) is 5.02 Å². The van der Waals surface area contributed by atoms with E-state index in [-0.39, 0.29) is 5.91 Å². The van der Waals surface area contributed by atoms with E-state index in [4.69, 9.17) is 25.8 Å². The number of thiazole rings is 1. The molecule has 1 saturated heterocycles. The maximum Gasteiger partial charge on any atom is 0.252 e. The quantitative estimate of drug-likeness (QED) is 0.445. The van der Waals surface area contributed by atoms with Gasteiger partial charge in [0, 0.05) is 42.8 Å². The fourth-order valence-corrected chi connectivity index (χ4v) is 6.22. The minimum absolute atomic E-state index is 0.253. The van der Waals surface area contributed by atoms with Gasteiger partial charge in [-0.3, -0.25) is 4.79 Å². The Morgan fingerprint density at radius 2 is 2.11 bits per heavy atom. The predicted molar refractivity (Wildman–Crippen MR) is 133 cm³/mol. The van der Waals surface area contributed by atoms with Crippen molar-refractivity contribution in [3.8, 4) is 10.7 Å². The molecule has 0 bridgehead atoms. The molecule has 2 aromatic heterocycles. The number of carbonyl (C=O) groups is 1. The first-order valence-electron chi connectivity index (χ1n) is 10.8. The van der Waals surface area contributed by atoms with Crippen LogP contribution in [0.5, 0.6) is 0 Å². The van der Waals surface area contributed by atoms with Crippen molar-refractivity contribution < 1.29 is 24.1 Å². The molecular formula is C22H26ClN5O5S2. The zero-order valence-electron chi connectivity index (χ0n) is 19.5. The molecule has 1 aliphatic heterocycles. The van der Waals surface area contributed by atoms with Gasteiger partial charge < -0.3 is 24.6 Å². The third-order valence-corrected chi connectivity index (χ3v) is 7.94. The van der Waals surface area contributed by atoms with Crippen LogP contribution in [-0.2, 0) is 14.2 Å². The molecule has 0 radical (unpaired) electrons. The van der Waals surface area contributed by atoms with Crippen LogP contribution < -0.4 is 5.32 Å². The van der Waals surface area contributed by atoms with E-state index in [1.165, 1.54) is 23.1 Å². The van der Waals surface area contributed by atoms with Crippen molar-refractivity contribution in [1.82, 2.24) is 25.3 Å². The summed E-state index contributed by atoms with van der Waals surface area (Å²) in [7, 11) is 4.68. The lowest BCUT2D eigenvalue weighted by molar-refractivity contribution is -0.208. The predicted octanol–water partition coefficient (Wildman–Crippen LogP) is 2.88. The molecule has 3 heterocycles. The molecular weight excluding hydrogens is 514 g/mol. The van der Waals surface area contributed by atoms with Crippen LogP contribution in [0.1, 0.15) is 23.3 Å². The Balaban J connectivity index is 1.74. The van der Waals surface area contributed by atoms with E-state index < -0.39 is 35.9 Å². The van der Waals surface area contributed by atoms with Crippen molar-refractivity contribution in [3.05, 3.63) is 46.6 Å². The summed E-state index contributed by atoms with van der Waals surface area (Å²) in [5.41, 5.74) is 0.433. The van der Waals surface area contributed by atoms with Gasteiger partial charge >= 0.3 is 0 Å². The molecule has 1 aliphatic rings. The van der Waals surface area contributed by atoms with Gasteiger partial charge in [-0.1, -0.05) is 28.6 Å². The maximum absolute atomic E-state index is 12.5. The van der Waals surface area contributed by atoms with Crippen LogP contribution in [0.4, 0.5) is 0 Å². The highest BCUT2D eigenvalue weighted by Crippen LogP contribution is 2.42. The molecule has 6 atom stereocenters. The number of hydrogen-bond donors (Lipinski definition) is 2. The van der Waals surface area contributed by atoms with E-state index in [0.717, 1.165) is 5.01 Å². The Labute approximate surface area is 215 Å².